The van der Waals surface area contributed by atoms with Crippen molar-refractivity contribution in [3.05, 3.63) is 0 Å². The Morgan fingerprint density at radius 3 is 2.37 bits per heavy atom. The van der Waals surface area contributed by atoms with Crippen molar-refractivity contribution in [1.29, 1.82) is 0 Å². The lowest BCUT2D eigenvalue weighted by molar-refractivity contribution is -0.146. The second kappa shape index (κ2) is 7.11. The van der Waals surface area contributed by atoms with Crippen LogP contribution in [-0.4, -0.2) is 35.5 Å². The molecule has 2 amide bonds. The summed E-state index contributed by atoms with van der Waals surface area (Å²) in [7, 11) is 0. The summed E-state index contributed by atoms with van der Waals surface area (Å²) >= 11 is 0. The average Bonchev–Trinajstić information content (AvgIpc) is 3.16. The Bertz CT molecular complexity index is 353. The lowest BCUT2D eigenvalue weighted by Crippen LogP contribution is -2.36. The van der Waals surface area contributed by atoms with E-state index in [1.807, 2.05) is 0 Å². The Hall–Kier alpha value is -1.59. The highest BCUT2D eigenvalue weighted by Gasteiger charge is 2.25. The van der Waals surface area contributed by atoms with E-state index in [1.54, 1.807) is 6.92 Å². The van der Waals surface area contributed by atoms with Gasteiger partial charge in [0.2, 0.25) is 11.8 Å². The van der Waals surface area contributed by atoms with Crippen LogP contribution in [0.25, 0.3) is 0 Å². The predicted octanol–water partition coefficient (Wildman–Crippen LogP) is 0.518. The predicted molar refractivity (Wildman–Crippen MR) is 69.4 cm³/mol. The van der Waals surface area contributed by atoms with Crippen molar-refractivity contribution < 1.29 is 19.5 Å². The van der Waals surface area contributed by atoms with Crippen LogP contribution in [0.5, 0.6) is 0 Å². The third-order valence-corrected chi connectivity index (χ3v) is 3.38. The largest absolute Gasteiger partial charge is 0.481 e. The number of aliphatic carboxylic acids is 1. The summed E-state index contributed by atoms with van der Waals surface area (Å²) in [5, 5.41) is 14.3. The van der Waals surface area contributed by atoms with Crippen molar-refractivity contribution in [2.45, 2.75) is 45.6 Å². The highest BCUT2D eigenvalue weighted by molar-refractivity contribution is 5.84. The second-order valence-electron chi connectivity index (χ2n) is 5.15. The van der Waals surface area contributed by atoms with Crippen molar-refractivity contribution in [2.75, 3.05) is 6.54 Å². The molecule has 0 aromatic heterocycles. The first-order chi connectivity index (χ1) is 8.91. The van der Waals surface area contributed by atoms with Gasteiger partial charge in [0.25, 0.3) is 0 Å². The smallest absolute Gasteiger partial charge is 0.307 e. The SMILES string of the molecule is CC(C(=O)O)C(C)C(=O)NCCCC(=O)NC1CC1. The number of amides is 2. The molecule has 0 heterocycles. The van der Waals surface area contributed by atoms with E-state index in [4.69, 9.17) is 5.11 Å². The van der Waals surface area contributed by atoms with Gasteiger partial charge < -0.3 is 15.7 Å². The van der Waals surface area contributed by atoms with Crippen LogP contribution in [-0.2, 0) is 14.4 Å². The van der Waals surface area contributed by atoms with Crippen molar-refractivity contribution in [1.82, 2.24) is 10.6 Å². The van der Waals surface area contributed by atoms with E-state index in [-0.39, 0.29) is 11.8 Å². The summed E-state index contributed by atoms with van der Waals surface area (Å²) in [5.74, 6) is -2.52. The summed E-state index contributed by atoms with van der Waals surface area (Å²) in [5.41, 5.74) is 0. The summed E-state index contributed by atoms with van der Waals surface area (Å²) in [4.78, 5) is 33.8. The molecule has 0 radical (unpaired) electrons. The van der Waals surface area contributed by atoms with Crippen LogP contribution in [0.3, 0.4) is 0 Å². The minimum Gasteiger partial charge on any atom is -0.481 e. The van der Waals surface area contributed by atoms with E-state index < -0.39 is 17.8 Å². The molecule has 6 heteroatoms. The Balaban J connectivity index is 2.12. The number of carboxylic acids is 1. The fourth-order valence-electron chi connectivity index (χ4n) is 1.59. The zero-order chi connectivity index (χ0) is 14.4. The fraction of sp³-hybridized carbons (Fsp3) is 0.769. The van der Waals surface area contributed by atoms with Gasteiger partial charge in [-0.1, -0.05) is 13.8 Å². The Kier molecular flexibility index (Phi) is 5.79. The molecule has 1 aliphatic carbocycles. The van der Waals surface area contributed by atoms with Gasteiger partial charge in [0.05, 0.1) is 5.92 Å². The number of carboxylic acid groups (broad SMARTS) is 1. The van der Waals surface area contributed by atoms with Gasteiger partial charge in [-0.2, -0.15) is 0 Å². The molecule has 0 bridgehead atoms. The normalized spacial score (nSPS) is 17.4. The number of carbonyl (C=O) groups is 3. The van der Waals surface area contributed by atoms with Crippen molar-refractivity contribution in [3.8, 4) is 0 Å². The fourth-order valence-corrected chi connectivity index (χ4v) is 1.59. The van der Waals surface area contributed by atoms with Crippen LogP contribution in [0.4, 0.5) is 0 Å². The molecule has 6 nitrogen and oxygen atoms in total. The zero-order valence-corrected chi connectivity index (χ0v) is 11.4. The van der Waals surface area contributed by atoms with Crippen molar-refractivity contribution >= 4 is 17.8 Å². The molecule has 19 heavy (non-hydrogen) atoms. The molecule has 1 rings (SSSR count). The first-order valence-corrected chi connectivity index (χ1v) is 6.71. The second-order valence-corrected chi connectivity index (χ2v) is 5.15. The number of nitrogens with one attached hydrogen (secondary N) is 2. The maximum absolute atomic E-state index is 11.6. The average molecular weight is 270 g/mol. The topological polar surface area (TPSA) is 95.5 Å². The Morgan fingerprint density at radius 2 is 1.84 bits per heavy atom. The summed E-state index contributed by atoms with van der Waals surface area (Å²) < 4.78 is 0. The molecular formula is C13H22N2O4. The van der Waals surface area contributed by atoms with E-state index >= 15 is 0 Å². The van der Waals surface area contributed by atoms with Crippen LogP contribution in [0, 0.1) is 11.8 Å². The van der Waals surface area contributed by atoms with Gasteiger partial charge in [-0.25, -0.2) is 0 Å². The molecule has 0 spiro atoms. The molecule has 0 aromatic rings. The molecular weight excluding hydrogens is 248 g/mol. The lowest BCUT2D eigenvalue weighted by Gasteiger charge is -2.15. The molecule has 2 atom stereocenters. The van der Waals surface area contributed by atoms with E-state index in [1.165, 1.54) is 6.92 Å². The number of hydrogen-bond donors (Lipinski definition) is 3. The highest BCUT2D eigenvalue weighted by Crippen LogP contribution is 2.18. The highest BCUT2D eigenvalue weighted by atomic mass is 16.4. The van der Waals surface area contributed by atoms with Crippen molar-refractivity contribution in [3.63, 3.8) is 0 Å². The molecule has 0 aliphatic heterocycles. The van der Waals surface area contributed by atoms with Gasteiger partial charge >= 0.3 is 5.97 Å². The van der Waals surface area contributed by atoms with Gasteiger partial charge in [0.15, 0.2) is 0 Å². The van der Waals surface area contributed by atoms with Gasteiger partial charge in [-0.15, -0.1) is 0 Å². The van der Waals surface area contributed by atoms with Gasteiger partial charge in [0, 0.05) is 24.9 Å². The third kappa shape index (κ3) is 5.72. The van der Waals surface area contributed by atoms with E-state index in [9.17, 15) is 14.4 Å². The number of hydrogen-bond acceptors (Lipinski definition) is 3. The maximum Gasteiger partial charge on any atom is 0.307 e. The molecule has 108 valence electrons. The number of carbonyl (C=O) groups excluding carboxylic acids is 2. The van der Waals surface area contributed by atoms with Crippen LogP contribution in [0.1, 0.15) is 39.5 Å². The molecule has 1 saturated carbocycles. The minimum absolute atomic E-state index is 0.0173. The van der Waals surface area contributed by atoms with Gasteiger partial charge in [-0.3, -0.25) is 14.4 Å². The molecule has 3 N–H and O–H groups in total. The summed E-state index contributed by atoms with van der Waals surface area (Å²) in [6, 6.07) is 0.360. The monoisotopic (exact) mass is 270 g/mol. The third-order valence-electron chi connectivity index (χ3n) is 3.38. The standard InChI is InChI=1S/C13H22N2O4/c1-8(9(2)13(18)19)12(17)14-7-3-4-11(16)15-10-5-6-10/h8-10H,3-7H2,1-2H3,(H,14,17)(H,15,16)(H,18,19). The number of rotatable bonds is 8. The van der Waals surface area contributed by atoms with Crippen LogP contribution in [0.15, 0.2) is 0 Å². The van der Waals surface area contributed by atoms with E-state index in [0.29, 0.717) is 25.4 Å². The molecule has 1 fully saturated rings. The minimum atomic E-state index is -0.980. The molecule has 2 unspecified atom stereocenters. The van der Waals surface area contributed by atoms with Crippen molar-refractivity contribution in [2.24, 2.45) is 11.8 Å². The maximum atomic E-state index is 11.6. The van der Waals surface area contributed by atoms with E-state index in [2.05, 4.69) is 10.6 Å². The van der Waals surface area contributed by atoms with E-state index in [0.717, 1.165) is 12.8 Å². The Morgan fingerprint density at radius 1 is 1.21 bits per heavy atom. The lowest BCUT2D eigenvalue weighted by atomic mass is 9.95. The first kappa shape index (κ1) is 15.5. The zero-order valence-electron chi connectivity index (χ0n) is 11.4. The Labute approximate surface area is 112 Å². The van der Waals surface area contributed by atoms with Gasteiger partial charge in [-0.05, 0) is 19.3 Å². The molecule has 0 saturated heterocycles. The molecule has 1 aliphatic rings. The van der Waals surface area contributed by atoms with Gasteiger partial charge in [0.1, 0.15) is 0 Å². The van der Waals surface area contributed by atoms with Crippen LogP contribution in [0.2, 0.25) is 0 Å². The molecule has 0 aromatic carbocycles. The summed E-state index contributed by atoms with van der Waals surface area (Å²) in [6.45, 7) is 3.50. The van der Waals surface area contributed by atoms with Crippen LogP contribution >= 0.6 is 0 Å². The first-order valence-electron chi connectivity index (χ1n) is 6.71. The quantitative estimate of drug-likeness (QED) is 0.560. The summed E-state index contributed by atoms with van der Waals surface area (Å²) in [6.07, 6.45) is 3.08. The van der Waals surface area contributed by atoms with Crippen LogP contribution < -0.4 is 10.6 Å².